The van der Waals surface area contributed by atoms with Crippen molar-refractivity contribution in [1.29, 1.82) is 0 Å². The summed E-state index contributed by atoms with van der Waals surface area (Å²) in [4.78, 5) is 4.44. The number of aromatic amines is 1. The zero-order chi connectivity index (χ0) is 13.9. The summed E-state index contributed by atoms with van der Waals surface area (Å²) in [6, 6.07) is 12.1. The molecule has 0 fully saturated rings. The van der Waals surface area contributed by atoms with Crippen LogP contribution in [0, 0.1) is 0 Å². The maximum atomic E-state index is 9.77. The van der Waals surface area contributed by atoms with Crippen LogP contribution in [0.2, 0.25) is 0 Å². The lowest BCUT2D eigenvalue weighted by Crippen LogP contribution is -2.11. The van der Waals surface area contributed by atoms with Gasteiger partial charge in [-0.15, -0.1) is 0 Å². The lowest BCUT2D eigenvalue weighted by Gasteiger charge is -2.18. The van der Waals surface area contributed by atoms with E-state index in [0.717, 1.165) is 22.2 Å². The molecule has 0 aliphatic rings. The quantitative estimate of drug-likeness (QED) is 0.764. The van der Waals surface area contributed by atoms with E-state index in [-0.39, 0.29) is 12.0 Å². The Bertz CT molecular complexity index is 691. The van der Waals surface area contributed by atoms with Gasteiger partial charge in [-0.1, -0.05) is 18.2 Å². The van der Waals surface area contributed by atoms with Crippen molar-refractivity contribution in [3.8, 4) is 0 Å². The van der Waals surface area contributed by atoms with Crippen LogP contribution in [0.4, 0.5) is 0 Å². The van der Waals surface area contributed by atoms with Crippen LogP contribution >= 0.6 is 0 Å². The number of hydrogen-bond acceptors (Lipinski definition) is 3. The highest BCUT2D eigenvalue weighted by Crippen LogP contribution is 2.29. The summed E-state index contributed by atoms with van der Waals surface area (Å²) in [6.45, 7) is 1.81. The molecule has 0 spiro atoms. The zero-order valence-corrected chi connectivity index (χ0v) is 11.3. The van der Waals surface area contributed by atoms with Gasteiger partial charge in [-0.2, -0.15) is 5.10 Å². The van der Waals surface area contributed by atoms with Crippen LogP contribution in [0.15, 0.2) is 48.8 Å². The van der Waals surface area contributed by atoms with Crippen LogP contribution in [0.3, 0.4) is 0 Å². The summed E-state index contributed by atoms with van der Waals surface area (Å²) in [6.07, 6.45) is 3.87. The number of aliphatic hydroxyl groups excluding tert-OH is 1. The molecule has 2 atom stereocenters. The SMILES string of the molecule is CC(O)CC(c1ccc2cn[nH]c2c1)c1ccccn1. The molecule has 3 aromatic rings. The van der Waals surface area contributed by atoms with Gasteiger partial charge in [-0.25, -0.2) is 0 Å². The number of pyridine rings is 1. The number of aliphatic hydroxyl groups is 1. The number of nitrogens with one attached hydrogen (secondary N) is 1. The van der Waals surface area contributed by atoms with Gasteiger partial charge in [0.15, 0.2) is 0 Å². The molecule has 102 valence electrons. The number of H-pyrrole nitrogens is 1. The van der Waals surface area contributed by atoms with Crippen molar-refractivity contribution in [3.05, 3.63) is 60.0 Å². The summed E-state index contributed by atoms with van der Waals surface area (Å²) in [5, 5.41) is 17.9. The molecule has 0 radical (unpaired) electrons. The van der Waals surface area contributed by atoms with Gasteiger partial charge in [-0.05, 0) is 37.1 Å². The minimum Gasteiger partial charge on any atom is -0.393 e. The first-order chi connectivity index (χ1) is 9.74. The summed E-state index contributed by atoms with van der Waals surface area (Å²) < 4.78 is 0. The Labute approximate surface area is 117 Å². The molecule has 20 heavy (non-hydrogen) atoms. The Morgan fingerprint density at radius 1 is 1.25 bits per heavy atom. The molecular formula is C16H17N3O. The minimum atomic E-state index is -0.375. The summed E-state index contributed by atoms with van der Waals surface area (Å²) >= 11 is 0. The second-order valence-electron chi connectivity index (χ2n) is 5.11. The monoisotopic (exact) mass is 267 g/mol. The third-order valence-electron chi connectivity index (χ3n) is 3.49. The Hall–Kier alpha value is -2.20. The third-order valence-corrected chi connectivity index (χ3v) is 3.49. The van der Waals surface area contributed by atoms with Gasteiger partial charge >= 0.3 is 0 Å². The molecule has 2 aromatic heterocycles. The number of hydrogen-bond donors (Lipinski definition) is 2. The van der Waals surface area contributed by atoms with Gasteiger partial charge in [0.25, 0.3) is 0 Å². The van der Waals surface area contributed by atoms with Gasteiger partial charge in [0, 0.05) is 23.2 Å². The van der Waals surface area contributed by atoms with Crippen LogP contribution in [-0.2, 0) is 0 Å². The predicted octanol–water partition coefficient (Wildman–Crippen LogP) is 2.86. The standard InChI is InChI=1S/C16H17N3O/c1-11(20)8-14(15-4-2-3-7-17-15)12-5-6-13-10-18-19-16(13)9-12/h2-7,9-11,14,20H,8H2,1H3,(H,18,19). The number of fused-ring (bicyclic) bond motifs is 1. The van der Waals surface area contributed by atoms with Crippen molar-refractivity contribution in [2.75, 3.05) is 0 Å². The fraction of sp³-hybridized carbons (Fsp3) is 0.250. The maximum Gasteiger partial charge on any atom is 0.0653 e. The van der Waals surface area contributed by atoms with Crippen molar-refractivity contribution in [2.24, 2.45) is 0 Å². The van der Waals surface area contributed by atoms with E-state index in [1.807, 2.05) is 37.4 Å². The highest BCUT2D eigenvalue weighted by atomic mass is 16.3. The lowest BCUT2D eigenvalue weighted by molar-refractivity contribution is 0.178. The second kappa shape index (κ2) is 5.43. The molecule has 0 aliphatic heterocycles. The molecule has 2 unspecified atom stereocenters. The highest BCUT2D eigenvalue weighted by Gasteiger charge is 2.18. The number of nitrogens with zero attached hydrogens (tertiary/aromatic N) is 2. The number of rotatable bonds is 4. The molecule has 1 aromatic carbocycles. The first-order valence-corrected chi connectivity index (χ1v) is 6.76. The summed E-state index contributed by atoms with van der Waals surface area (Å²) in [5.41, 5.74) is 3.13. The Balaban J connectivity index is 2.03. The molecule has 0 saturated heterocycles. The zero-order valence-electron chi connectivity index (χ0n) is 11.3. The van der Waals surface area contributed by atoms with Gasteiger partial charge in [0.05, 0.1) is 17.8 Å². The number of aromatic nitrogens is 3. The van der Waals surface area contributed by atoms with E-state index >= 15 is 0 Å². The highest BCUT2D eigenvalue weighted by molar-refractivity contribution is 5.78. The molecule has 0 aliphatic carbocycles. The summed E-state index contributed by atoms with van der Waals surface area (Å²) in [7, 11) is 0. The van der Waals surface area contributed by atoms with E-state index < -0.39 is 0 Å². The van der Waals surface area contributed by atoms with Crippen molar-refractivity contribution in [2.45, 2.75) is 25.4 Å². The summed E-state index contributed by atoms with van der Waals surface area (Å²) in [5.74, 6) is 0.0869. The first-order valence-electron chi connectivity index (χ1n) is 6.76. The van der Waals surface area contributed by atoms with Gasteiger partial charge in [0.1, 0.15) is 0 Å². The van der Waals surface area contributed by atoms with Crippen molar-refractivity contribution in [3.63, 3.8) is 0 Å². The van der Waals surface area contributed by atoms with Crippen LogP contribution in [0.5, 0.6) is 0 Å². The third kappa shape index (κ3) is 2.56. The maximum absolute atomic E-state index is 9.77. The number of benzene rings is 1. The van der Waals surface area contributed by atoms with Crippen molar-refractivity contribution >= 4 is 10.9 Å². The van der Waals surface area contributed by atoms with E-state index in [4.69, 9.17) is 0 Å². The molecule has 2 heterocycles. The minimum absolute atomic E-state index is 0.0869. The molecule has 0 bridgehead atoms. The van der Waals surface area contributed by atoms with Crippen molar-refractivity contribution < 1.29 is 5.11 Å². The molecule has 0 saturated carbocycles. The topological polar surface area (TPSA) is 61.8 Å². The molecular weight excluding hydrogens is 250 g/mol. The van der Waals surface area contributed by atoms with Crippen LogP contribution < -0.4 is 0 Å². The largest absolute Gasteiger partial charge is 0.393 e. The second-order valence-corrected chi connectivity index (χ2v) is 5.11. The smallest absolute Gasteiger partial charge is 0.0653 e. The van der Waals surface area contributed by atoms with E-state index in [1.165, 1.54) is 0 Å². The first kappa shape index (κ1) is 12.8. The molecule has 4 nitrogen and oxygen atoms in total. The predicted molar refractivity (Wildman–Crippen MR) is 78.5 cm³/mol. The van der Waals surface area contributed by atoms with Crippen LogP contribution in [-0.4, -0.2) is 26.4 Å². The van der Waals surface area contributed by atoms with E-state index in [0.29, 0.717) is 6.42 Å². The van der Waals surface area contributed by atoms with Gasteiger partial charge in [0.2, 0.25) is 0 Å². The van der Waals surface area contributed by atoms with Gasteiger partial charge < -0.3 is 5.11 Å². The molecule has 2 N–H and O–H groups in total. The fourth-order valence-electron chi connectivity index (χ4n) is 2.52. The Morgan fingerprint density at radius 3 is 2.90 bits per heavy atom. The molecule has 0 amide bonds. The Morgan fingerprint density at radius 2 is 2.15 bits per heavy atom. The Kier molecular flexibility index (Phi) is 3.48. The fourth-order valence-corrected chi connectivity index (χ4v) is 2.52. The average molecular weight is 267 g/mol. The van der Waals surface area contributed by atoms with Crippen LogP contribution in [0.1, 0.15) is 30.5 Å². The van der Waals surface area contributed by atoms with E-state index in [2.05, 4.69) is 27.3 Å². The van der Waals surface area contributed by atoms with Crippen molar-refractivity contribution in [1.82, 2.24) is 15.2 Å². The van der Waals surface area contributed by atoms with E-state index in [9.17, 15) is 5.11 Å². The lowest BCUT2D eigenvalue weighted by atomic mass is 9.89. The normalized spacial score (nSPS) is 14.3. The van der Waals surface area contributed by atoms with Gasteiger partial charge in [-0.3, -0.25) is 10.1 Å². The molecule has 4 heteroatoms. The molecule has 3 rings (SSSR count). The van der Waals surface area contributed by atoms with Crippen LogP contribution in [0.25, 0.3) is 10.9 Å². The average Bonchev–Trinajstić information content (AvgIpc) is 2.93. The van der Waals surface area contributed by atoms with E-state index in [1.54, 1.807) is 6.20 Å².